The minimum atomic E-state index is -0.325. The molecule has 2 aromatic rings. The van der Waals surface area contributed by atoms with E-state index in [1.54, 1.807) is 23.1 Å². The van der Waals surface area contributed by atoms with Crippen molar-refractivity contribution in [2.75, 3.05) is 33.4 Å². The van der Waals surface area contributed by atoms with E-state index < -0.39 is 0 Å². The second kappa shape index (κ2) is 7.98. The van der Waals surface area contributed by atoms with Crippen LogP contribution in [-0.4, -0.2) is 69.4 Å². The van der Waals surface area contributed by atoms with E-state index in [-0.39, 0.29) is 12.0 Å². The van der Waals surface area contributed by atoms with Gasteiger partial charge in [-0.05, 0) is 24.3 Å². The van der Waals surface area contributed by atoms with Crippen LogP contribution in [0.4, 0.5) is 0 Å². The fourth-order valence-electron chi connectivity index (χ4n) is 2.80. The molecular weight excluding hydrogens is 344 g/mol. The third-order valence-corrected chi connectivity index (χ3v) is 5.16. The second-order valence-corrected chi connectivity index (χ2v) is 7.16. The van der Waals surface area contributed by atoms with Gasteiger partial charge < -0.3 is 14.4 Å². The molecule has 0 aliphatic carbocycles. The molecule has 0 spiro atoms. The molecule has 0 bridgehead atoms. The van der Waals surface area contributed by atoms with Gasteiger partial charge in [-0.2, -0.15) is 0 Å². The number of aromatic nitrogens is 5. The van der Waals surface area contributed by atoms with Crippen LogP contribution in [0.3, 0.4) is 0 Å². The van der Waals surface area contributed by atoms with Crippen molar-refractivity contribution in [1.29, 1.82) is 0 Å². The van der Waals surface area contributed by atoms with E-state index in [0.717, 1.165) is 15.6 Å². The molecule has 0 aromatic carbocycles. The topological polar surface area (TPSA) is 95.3 Å². The maximum atomic E-state index is 12.7. The third-order valence-electron chi connectivity index (χ3n) is 4.09. The number of morpholine rings is 1. The molecule has 0 radical (unpaired) electrons. The van der Waals surface area contributed by atoms with Gasteiger partial charge in [0.25, 0.3) is 0 Å². The Bertz CT molecular complexity index is 731. The van der Waals surface area contributed by atoms with Gasteiger partial charge in [0.15, 0.2) is 5.82 Å². The summed E-state index contributed by atoms with van der Waals surface area (Å²) in [6, 6.07) is 0. The van der Waals surface area contributed by atoms with Crippen LogP contribution >= 0.6 is 11.3 Å². The van der Waals surface area contributed by atoms with Crippen molar-refractivity contribution in [3.63, 3.8) is 0 Å². The van der Waals surface area contributed by atoms with E-state index in [1.165, 1.54) is 0 Å². The number of carbonyl (C=O) groups excluding carboxylic acids is 1. The maximum Gasteiger partial charge on any atom is 0.228 e. The molecule has 3 heterocycles. The Balaban J connectivity index is 1.65. The molecule has 3 rings (SSSR count). The molecule has 1 fully saturated rings. The molecule has 1 aliphatic rings. The number of nitrogens with zero attached hydrogens (tertiary/aromatic N) is 6. The monoisotopic (exact) mass is 366 g/mol. The van der Waals surface area contributed by atoms with E-state index in [4.69, 9.17) is 9.47 Å². The first-order valence-electron chi connectivity index (χ1n) is 8.15. The molecule has 9 nitrogen and oxygen atoms in total. The lowest BCUT2D eigenvalue weighted by atomic mass is 10.2. The maximum absolute atomic E-state index is 12.7. The number of rotatable bonds is 6. The molecule has 2 aromatic heterocycles. The zero-order valence-corrected chi connectivity index (χ0v) is 15.5. The lowest BCUT2D eigenvalue weighted by Crippen LogP contribution is -2.43. The first-order chi connectivity index (χ1) is 12.1. The van der Waals surface area contributed by atoms with Crippen LogP contribution in [0.5, 0.6) is 0 Å². The van der Waals surface area contributed by atoms with E-state index in [1.807, 2.05) is 18.7 Å². The summed E-state index contributed by atoms with van der Waals surface area (Å²) in [7, 11) is 1.63. The number of aryl methyl sites for hydroxylation is 2. The number of methoxy groups -OCH3 is 1. The highest BCUT2D eigenvalue weighted by Crippen LogP contribution is 2.22. The molecule has 10 heteroatoms. The third kappa shape index (κ3) is 4.20. The minimum absolute atomic E-state index is 0.0796. The molecule has 0 N–H and O–H groups in total. The van der Waals surface area contributed by atoms with Crippen molar-refractivity contribution in [3.8, 4) is 0 Å². The van der Waals surface area contributed by atoms with Gasteiger partial charge in [-0.1, -0.05) is 0 Å². The Morgan fingerprint density at radius 1 is 1.44 bits per heavy atom. The number of thiazole rings is 1. The van der Waals surface area contributed by atoms with Gasteiger partial charge in [-0.25, -0.2) is 9.67 Å². The lowest BCUT2D eigenvalue weighted by Gasteiger charge is -2.32. The van der Waals surface area contributed by atoms with Crippen molar-refractivity contribution < 1.29 is 14.3 Å². The highest BCUT2D eigenvalue weighted by atomic mass is 32.1. The molecule has 1 atom stereocenters. The van der Waals surface area contributed by atoms with Gasteiger partial charge in [0, 0.05) is 18.5 Å². The van der Waals surface area contributed by atoms with Gasteiger partial charge in [0.05, 0.1) is 43.4 Å². The average Bonchev–Trinajstić information content (AvgIpc) is 3.19. The highest BCUT2D eigenvalue weighted by molar-refractivity contribution is 7.11. The van der Waals surface area contributed by atoms with Gasteiger partial charge in [0.2, 0.25) is 5.91 Å². The zero-order valence-electron chi connectivity index (χ0n) is 14.6. The highest BCUT2D eigenvalue weighted by Gasteiger charge is 2.29. The summed E-state index contributed by atoms with van der Waals surface area (Å²) in [6.45, 7) is 6.45. The van der Waals surface area contributed by atoms with Crippen LogP contribution in [0.1, 0.15) is 27.5 Å². The Kier molecular flexibility index (Phi) is 5.71. The lowest BCUT2D eigenvalue weighted by molar-refractivity contribution is -0.138. The summed E-state index contributed by atoms with van der Waals surface area (Å²) < 4.78 is 12.5. The van der Waals surface area contributed by atoms with Crippen molar-refractivity contribution >= 4 is 17.2 Å². The fraction of sp³-hybridized carbons (Fsp3) is 0.667. The van der Waals surface area contributed by atoms with Crippen molar-refractivity contribution in [3.05, 3.63) is 21.4 Å². The first kappa shape index (κ1) is 17.9. The summed E-state index contributed by atoms with van der Waals surface area (Å²) in [6.07, 6.45) is 0.0485. The van der Waals surface area contributed by atoms with Crippen LogP contribution in [0.15, 0.2) is 0 Å². The van der Waals surface area contributed by atoms with Crippen molar-refractivity contribution in [2.45, 2.75) is 32.9 Å². The summed E-state index contributed by atoms with van der Waals surface area (Å²) in [5.41, 5.74) is 0.934. The molecule has 1 saturated heterocycles. The number of hydrogen-bond acceptors (Lipinski definition) is 8. The average molecular weight is 366 g/mol. The Hall–Kier alpha value is -1.91. The summed E-state index contributed by atoms with van der Waals surface area (Å²) >= 11 is 1.58. The fourth-order valence-corrected chi connectivity index (χ4v) is 3.73. The largest absolute Gasteiger partial charge is 0.383 e. The first-order valence-corrected chi connectivity index (χ1v) is 8.97. The van der Waals surface area contributed by atoms with Gasteiger partial charge in [-0.15, -0.1) is 16.4 Å². The number of hydrogen-bond donors (Lipinski definition) is 0. The van der Waals surface area contributed by atoms with E-state index in [0.29, 0.717) is 45.1 Å². The Labute approximate surface area is 149 Å². The molecule has 1 amide bonds. The number of tetrazole rings is 1. The van der Waals surface area contributed by atoms with Crippen molar-refractivity contribution in [2.24, 2.45) is 0 Å². The molecule has 1 aliphatic heterocycles. The number of amides is 1. The van der Waals surface area contributed by atoms with Crippen LogP contribution in [0.2, 0.25) is 0 Å². The summed E-state index contributed by atoms with van der Waals surface area (Å²) in [5.74, 6) is 0.704. The molecule has 0 saturated carbocycles. The summed E-state index contributed by atoms with van der Waals surface area (Å²) in [5, 5.41) is 12.7. The number of ether oxygens (including phenoxy) is 2. The van der Waals surface area contributed by atoms with Crippen LogP contribution < -0.4 is 0 Å². The molecule has 136 valence electrons. The van der Waals surface area contributed by atoms with Crippen LogP contribution in [0.25, 0.3) is 0 Å². The Morgan fingerprint density at radius 3 is 3.00 bits per heavy atom. The predicted octanol–water partition coefficient (Wildman–Crippen LogP) is 0.535. The van der Waals surface area contributed by atoms with Crippen LogP contribution in [0, 0.1) is 13.8 Å². The minimum Gasteiger partial charge on any atom is -0.383 e. The van der Waals surface area contributed by atoms with Crippen LogP contribution in [-0.2, 0) is 27.2 Å². The van der Waals surface area contributed by atoms with E-state index >= 15 is 0 Å². The standard InChI is InChI=1S/C15H22N6O3S/c1-10-13(25-11(2)16-10)8-14(22)20-4-7-24-12(9-20)15-17-18-19-21(15)5-6-23-3/h12H,4-9H2,1-3H3. The second-order valence-electron chi connectivity index (χ2n) is 5.87. The van der Waals surface area contributed by atoms with E-state index in [2.05, 4.69) is 20.5 Å². The molecular formula is C15H22N6O3S. The SMILES string of the molecule is COCCn1nnnc1C1CN(C(=O)Cc2sc(C)nc2C)CCO1. The predicted molar refractivity (Wildman–Crippen MR) is 90.3 cm³/mol. The van der Waals surface area contributed by atoms with Gasteiger partial charge in [-0.3, -0.25) is 4.79 Å². The molecule has 25 heavy (non-hydrogen) atoms. The van der Waals surface area contributed by atoms with Gasteiger partial charge >= 0.3 is 0 Å². The smallest absolute Gasteiger partial charge is 0.228 e. The normalized spacial score (nSPS) is 17.9. The Morgan fingerprint density at radius 2 is 2.28 bits per heavy atom. The van der Waals surface area contributed by atoms with Crippen molar-refractivity contribution in [1.82, 2.24) is 30.1 Å². The van der Waals surface area contributed by atoms with Gasteiger partial charge in [0.1, 0.15) is 6.10 Å². The van der Waals surface area contributed by atoms with E-state index in [9.17, 15) is 4.79 Å². The summed E-state index contributed by atoms with van der Waals surface area (Å²) in [4.78, 5) is 19.9. The molecule has 1 unspecified atom stereocenters. The zero-order chi connectivity index (χ0) is 17.8. The quantitative estimate of drug-likeness (QED) is 0.736. The number of carbonyl (C=O) groups is 1.